The Morgan fingerprint density at radius 2 is 1.63 bits per heavy atom. The Morgan fingerprint density at radius 1 is 0.900 bits per heavy atom. The summed E-state index contributed by atoms with van der Waals surface area (Å²) in [6, 6.07) is 15.3. The normalized spacial score (nSPS) is 13.6. The monoisotopic (exact) mass is 416 g/mol. The van der Waals surface area contributed by atoms with Gasteiger partial charge in [0.15, 0.2) is 10.8 Å². The van der Waals surface area contributed by atoms with Gasteiger partial charge in [0.05, 0.1) is 16.6 Å². The molecule has 6 nitrogen and oxygen atoms in total. The Balaban J connectivity index is 1.34. The third kappa shape index (κ3) is 2.89. The van der Waals surface area contributed by atoms with Crippen molar-refractivity contribution in [3.05, 3.63) is 70.8 Å². The first-order chi connectivity index (χ1) is 14.6. The van der Waals surface area contributed by atoms with E-state index < -0.39 is 0 Å². The van der Waals surface area contributed by atoms with Crippen molar-refractivity contribution in [1.82, 2.24) is 19.5 Å². The molecule has 0 N–H and O–H groups in total. The quantitative estimate of drug-likeness (QED) is 0.276. The minimum Gasteiger partial charge on any atom is -0.274 e. The van der Waals surface area contributed by atoms with Crippen LogP contribution in [0, 0.1) is 13.8 Å². The predicted molar refractivity (Wildman–Crippen MR) is 117 cm³/mol. The Morgan fingerprint density at radius 3 is 2.37 bits per heavy atom. The molecule has 0 aliphatic carbocycles. The number of imide groups is 1. The van der Waals surface area contributed by atoms with Gasteiger partial charge < -0.3 is 0 Å². The van der Waals surface area contributed by atoms with Crippen molar-refractivity contribution in [2.24, 2.45) is 0 Å². The van der Waals surface area contributed by atoms with Crippen molar-refractivity contribution in [2.75, 3.05) is 12.3 Å². The molecule has 5 rings (SSSR count). The van der Waals surface area contributed by atoms with Gasteiger partial charge in [-0.15, -0.1) is 10.2 Å². The van der Waals surface area contributed by atoms with E-state index in [1.807, 2.05) is 0 Å². The number of hydrogen-bond donors (Lipinski definition) is 0. The highest BCUT2D eigenvalue weighted by molar-refractivity contribution is 7.99. The van der Waals surface area contributed by atoms with Crippen molar-refractivity contribution in [2.45, 2.75) is 25.4 Å². The summed E-state index contributed by atoms with van der Waals surface area (Å²) < 4.78 is 2.10. The topological polar surface area (TPSA) is 67.6 Å². The van der Waals surface area contributed by atoms with Crippen LogP contribution < -0.4 is 0 Å². The zero-order valence-corrected chi connectivity index (χ0v) is 17.6. The van der Waals surface area contributed by atoms with E-state index in [4.69, 9.17) is 0 Å². The lowest BCUT2D eigenvalue weighted by Gasteiger charge is -2.13. The molecule has 1 aliphatic rings. The van der Waals surface area contributed by atoms with Crippen LogP contribution in [0.15, 0.2) is 53.7 Å². The summed E-state index contributed by atoms with van der Waals surface area (Å²) in [4.78, 5) is 26.3. The second-order valence-corrected chi connectivity index (χ2v) is 8.55. The van der Waals surface area contributed by atoms with Crippen molar-refractivity contribution in [1.29, 1.82) is 0 Å². The average molecular weight is 417 g/mol. The maximum Gasteiger partial charge on any atom is 0.261 e. The van der Waals surface area contributed by atoms with Crippen LogP contribution >= 0.6 is 11.8 Å². The summed E-state index contributed by atoms with van der Waals surface area (Å²) in [6.45, 7) is 4.58. The number of aromatic nitrogens is 3. The lowest BCUT2D eigenvalue weighted by atomic mass is 10.1. The summed E-state index contributed by atoms with van der Waals surface area (Å²) >= 11 is 1.60. The van der Waals surface area contributed by atoms with Crippen molar-refractivity contribution in [3.8, 4) is 0 Å². The van der Waals surface area contributed by atoms with Crippen molar-refractivity contribution in [3.63, 3.8) is 0 Å². The van der Waals surface area contributed by atoms with Crippen LogP contribution in [-0.2, 0) is 0 Å². The minimum absolute atomic E-state index is 0.203. The molecular weight excluding hydrogens is 396 g/mol. The maximum atomic E-state index is 12.5. The predicted octanol–water partition coefficient (Wildman–Crippen LogP) is 4.28. The van der Waals surface area contributed by atoms with E-state index in [9.17, 15) is 9.59 Å². The number of amides is 2. The Bertz CT molecular complexity index is 1290. The number of thioether (sulfide) groups is 1. The molecule has 0 saturated heterocycles. The SMILES string of the molecule is Cc1cc2nnc(SCCCN3C(=O)c4ccccc4C3=O)n2c2c(C)cccc12. The number of hydrogen-bond acceptors (Lipinski definition) is 5. The van der Waals surface area contributed by atoms with Gasteiger partial charge in [0.1, 0.15) is 0 Å². The fourth-order valence-electron chi connectivity index (χ4n) is 4.05. The van der Waals surface area contributed by atoms with Crippen LogP contribution in [0.3, 0.4) is 0 Å². The van der Waals surface area contributed by atoms with Gasteiger partial charge >= 0.3 is 0 Å². The van der Waals surface area contributed by atoms with E-state index in [-0.39, 0.29) is 11.8 Å². The summed E-state index contributed by atoms with van der Waals surface area (Å²) in [5.74, 6) is 0.325. The van der Waals surface area contributed by atoms with Gasteiger partial charge in [-0.25, -0.2) is 0 Å². The lowest BCUT2D eigenvalue weighted by Crippen LogP contribution is -2.31. The summed E-state index contributed by atoms with van der Waals surface area (Å²) in [7, 11) is 0. The van der Waals surface area contributed by atoms with Crippen LogP contribution in [0.5, 0.6) is 0 Å². The number of nitrogens with zero attached hydrogens (tertiary/aromatic N) is 4. The number of carbonyl (C=O) groups excluding carboxylic acids is 2. The summed E-state index contributed by atoms with van der Waals surface area (Å²) in [6.07, 6.45) is 0.688. The van der Waals surface area contributed by atoms with Crippen molar-refractivity contribution >= 4 is 40.1 Å². The van der Waals surface area contributed by atoms with Gasteiger partial charge in [-0.1, -0.05) is 42.1 Å². The number of para-hydroxylation sites is 1. The average Bonchev–Trinajstić information content (AvgIpc) is 3.25. The minimum atomic E-state index is -0.203. The highest BCUT2D eigenvalue weighted by Gasteiger charge is 2.34. The molecule has 0 atom stereocenters. The number of rotatable bonds is 5. The van der Waals surface area contributed by atoms with Gasteiger partial charge in [-0.3, -0.25) is 18.9 Å². The number of aryl methyl sites for hydroxylation is 2. The molecule has 0 spiro atoms. The van der Waals surface area contributed by atoms with E-state index in [1.54, 1.807) is 36.0 Å². The first-order valence-electron chi connectivity index (χ1n) is 9.88. The molecular formula is C23H20N4O2S. The van der Waals surface area contributed by atoms with Crippen molar-refractivity contribution < 1.29 is 9.59 Å². The maximum absolute atomic E-state index is 12.5. The van der Waals surface area contributed by atoms with Crippen LogP contribution in [0.25, 0.3) is 16.6 Å². The first kappa shape index (κ1) is 18.8. The Kier molecular flexibility index (Phi) is 4.55. The van der Waals surface area contributed by atoms with E-state index in [0.717, 1.165) is 22.1 Å². The zero-order chi connectivity index (χ0) is 20.8. The number of pyridine rings is 1. The molecule has 2 amide bonds. The van der Waals surface area contributed by atoms with Gasteiger partial charge in [0.25, 0.3) is 11.8 Å². The number of fused-ring (bicyclic) bond motifs is 4. The molecule has 4 aromatic rings. The second kappa shape index (κ2) is 7.25. The Hall–Kier alpha value is -3.19. The summed E-state index contributed by atoms with van der Waals surface area (Å²) in [5.41, 5.74) is 5.30. The third-order valence-corrected chi connectivity index (χ3v) is 6.54. The molecule has 150 valence electrons. The molecule has 0 fully saturated rings. The van der Waals surface area contributed by atoms with Gasteiger partial charge in [-0.2, -0.15) is 0 Å². The lowest BCUT2D eigenvalue weighted by molar-refractivity contribution is 0.0655. The molecule has 1 aliphatic heterocycles. The molecule has 30 heavy (non-hydrogen) atoms. The number of benzene rings is 2. The molecule has 3 heterocycles. The first-order valence-corrected chi connectivity index (χ1v) is 10.9. The molecule has 2 aromatic heterocycles. The van der Waals surface area contributed by atoms with Crippen LogP contribution in [0.2, 0.25) is 0 Å². The Labute approximate surface area is 177 Å². The van der Waals surface area contributed by atoms with Crippen LogP contribution in [0.1, 0.15) is 38.3 Å². The van der Waals surface area contributed by atoms with E-state index >= 15 is 0 Å². The molecule has 0 saturated carbocycles. The fourth-order valence-corrected chi connectivity index (χ4v) is 4.92. The van der Waals surface area contributed by atoms with Gasteiger partial charge in [0, 0.05) is 17.7 Å². The molecule has 0 bridgehead atoms. The molecule has 0 unspecified atom stereocenters. The second-order valence-electron chi connectivity index (χ2n) is 7.48. The molecule has 2 aromatic carbocycles. The third-order valence-electron chi connectivity index (χ3n) is 5.53. The summed E-state index contributed by atoms with van der Waals surface area (Å²) in [5, 5.41) is 10.8. The van der Waals surface area contributed by atoms with Crippen LogP contribution in [0.4, 0.5) is 0 Å². The fraction of sp³-hybridized carbons (Fsp3) is 0.217. The molecule has 0 radical (unpaired) electrons. The smallest absolute Gasteiger partial charge is 0.261 e. The van der Waals surface area contributed by atoms with E-state index in [2.05, 4.69) is 52.7 Å². The zero-order valence-electron chi connectivity index (χ0n) is 16.8. The van der Waals surface area contributed by atoms with Gasteiger partial charge in [-0.05, 0) is 49.6 Å². The van der Waals surface area contributed by atoms with Crippen LogP contribution in [-0.4, -0.2) is 43.6 Å². The van der Waals surface area contributed by atoms with Gasteiger partial charge in [0.2, 0.25) is 0 Å². The largest absolute Gasteiger partial charge is 0.274 e. The standard InChI is InChI=1S/C23H20N4O2S/c1-14-7-5-10-16-15(2)13-19-24-25-23(27(19)20(14)16)30-12-6-11-26-21(28)17-8-3-4-9-18(17)22(26)29/h3-5,7-10,13H,6,11-12H2,1-2H3. The van der Waals surface area contributed by atoms with E-state index in [0.29, 0.717) is 24.1 Å². The molecule has 7 heteroatoms. The highest BCUT2D eigenvalue weighted by Crippen LogP contribution is 2.28. The van der Waals surface area contributed by atoms with E-state index in [1.165, 1.54) is 21.4 Å². The number of carbonyl (C=O) groups is 2. The highest BCUT2D eigenvalue weighted by atomic mass is 32.2.